The highest BCUT2D eigenvalue weighted by atomic mass is 127. The van der Waals surface area contributed by atoms with Crippen molar-refractivity contribution in [1.29, 1.82) is 0 Å². The van der Waals surface area contributed by atoms with Gasteiger partial charge >= 0.3 is 0 Å². The Morgan fingerprint density at radius 3 is 2.64 bits per heavy atom. The maximum absolute atomic E-state index is 6.09. The maximum Gasteiger partial charge on any atom is 0.191 e. The van der Waals surface area contributed by atoms with Gasteiger partial charge in [0, 0.05) is 44.2 Å². The molecule has 4 nitrogen and oxygen atoms in total. The molecule has 122 valence electrons. The molecule has 3 rings (SSSR count). The minimum absolute atomic E-state index is 0. The molecule has 0 unspecified atom stereocenters. The molecule has 0 atom stereocenters. The summed E-state index contributed by atoms with van der Waals surface area (Å²) in [5, 5.41) is 0. The van der Waals surface area contributed by atoms with Gasteiger partial charge in [-0.3, -0.25) is 9.89 Å². The number of hydrogen-bond donors (Lipinski definition) is 1. The second-order valence-corrected chi connectivity index (χ2v) is 6.86. The van der Waals surface area contributed by atoms with Crippen LogP contribution in [0.4, 0.5) is 0 Å². The van der Waals surface area contributed by atoms with Gasteiger partial charge in [-0.1, -0.05) is 24.3 Å². The van der Waals surface area contributed by atoms with Crippen LogP contribution in [0.3, 0.4) is 0 Å². The fourth-order valence-electron chi connectivity index (χ4n) is 2.94. The number of hydrogen-bond acceptors (Lipinski definition) is 3. The van der Waals surface area contributed by atoms with Gasteiger partial charge in [0.25, 0.3) is 0 Å². The quantitative estimate of drug-likeness (QED) is 0.451. The van der Waals surface area contributed by atoms with Gasteiger partial charge < -0.3 is 10.6 Å². The zero-order valence-electron chi connectivity index (χ0n) is 12.9. The summed E-state index contributed by atoms with van der Waals surface area (Å²) in [4.78, 5) is 9.25. The first-order valence-electron chi connectivity index (χ1n) is 7.75. The Morgan fingerprint density at radius 1 is 1.14 bits per heavy atom. The van der Waals surface area contributed by atoms with Crippen LogP contribution in [0, 0.1) is 0 Å². The van der Waals surface area contributed by atoms with Gasteiger partial charge in [-0.25, -0.2) is 0 Å². The van der Waals surface area contributed by atoms with E-state index in [2.05, 4.69) is 39.1 Å². The standard InChI is InChI=1S/C16H24N4S.HI/c17-16(20-9-11-21-12-10-20)18-6-8-19-7-5-14-3-1-2-4-15(14)13-19;/h1-4H,5-13H2,(H2,17,18);1H. The highest BCUT2D eigenvalue weighted by Crippen LogP contribution is 2.17. The molecule has 2 N–H and O–H groups in total. The van der Waals surface area contributed by atoms with Crippen LogP contribution in [-0.4, -0.2) is 60.0 Å². The fourth-order valence-corrected chi connectivity index (χ4v) is 3.85. The molecule has 0 bridgehead atoms. The lowest BCUT2D eigenvalue weighted by molar-refractivity contribution is 0.261. The van der Waals surface area contributed by atoms with Gasteiger partial charge in [0.05, 0.1) is 6.54 Å². The maximum atomic E-state index is 6.09. The molecule has 2 heterocycles. The molecule has 6 heteroatoms. The van der Waals surface area contributed by atoms with Crippen LogP contribution in [0.25, 0.3) is 0 Å². The largest absolute Gasteiger partial charge is 0.370 e. The molecular formula is C16H25IN4S. The summed E-state index contributed by atoms with van der Waals surface area (Å²) >= 11 is 2.00. The molecular weight excluding hydrogens is 407 g/mol. The van der Waals surface area contributed by atoms with Crippen molar-refractivity contribution in [3.05, 3.63) is 35.4 Å². The molecule has 1 aromatic carbocycles. The molecule has 1 saturated heterocycles. The Labute approximate surface area is 154 Å². The molecule has 0 saturated carbocycles. The number of guanidine groups is 1. The number of halogens is 1. The number of nitrogens with zero attached hydrogens (tertiary/aromatic N) is 3. The van der Waals surface area contributed by atoms with Crippen LogP contribution in [0.15, 0.2) is 29.3 Å². The Balaban J connectivity index is 0.00000176. The Morgan fingerprint density at radius 2 is 1.86 bits per heavy atom. The predicted octanol–water partition coefficient (Wildman–Crippen LogP) is 2.03. The van der Waals surface area contributed by atoms with E-state index in [4.69, 9.17) is 5.73 Å². The zero-order chi connectivity index (χ0) is 14.5. The summed E-state index contributed by atoms with van der Waals surface area (Å²) in [5.74, 6) is 3.06. The molecule has 1 aromatic rings. The SMILES string of the molecule is I.NC(=NCCN1CCc2ccccc2C1)N1CCSCC1. The van der Waals surface area contributed by atoms with Crippen LogP contribution >= 0.6 is 35.7 Å². The van der Waals surface area contributed by atoms with Crippen molar-refractivity contribution >= 4 is 41.7 Å². The summed E-state index contributed by atoms with van der Waals surface area (Å²) in [7, 11) is 0. The number of benzene rings is 1. The van der Waals surface area contributed by atoms with E-state index in [0.29, 0.717) is 0 Å². The van der Waals surface area contributed by atoms with Crippen LogP contribution < -0.4 is 5.73 Å². The van der Waals surface area contributed by atoms with Gasteiger partial charge in [-0.05, 0) is 17.5 Å². The van der Waals surface area contributed by atoms with Gasteiger partial charge in [0.2, 0.25) is 0 Å². The van der Waals surface area contributed by atoms with E-state index < -0.39 is 0 Å². The molecule has 0 amide bonds. The zero-order valence-corrected chi connectivity index (χ0v) is 16.1. The van der Waals surface area contributed by atoms with Crippen LogP contribution in [-0.2, 0) is 13.0 Å². The Bertz CT molecular complexity index is 503. The molecule has 2 aliphatic heterocycles. The summed E-state index contributed by atoms with van der Waals surface area (Å²) in [6.07, 6.45) is 1.15. The highest BCUT2D eigenvalue weighted by molar-refractivity contribution is 14.0. The topological polar surface area (TPSA) is 44.9 Å². The van der Waals surface area contributed by atoms with E-state index in [1.807, 2.05) is 11.8 Å². The first-order valence-corrected chi connectivity index (χ1v) is 8.90. The van der Waals surface area contributed by atoms with Gasteiger partial charge in [-0.2, -0.15) is 11.8 Å². The van der Waals surface area contributed by atoms with Crippen molar-refractivity contribution in [2.24, 2.45) is 10.7 Å². The van der Waals surface area contributed by atoms with E-state index in [-0.39, 0.29) is 24.0 Å². The Kier molecular flexibility index (Phi) is 7.30. The van der Waals surface area contributed by atoms with Gasteiger partial charge in [0.1, 0.15) is 0 Å². The average Bonchev–Trinajstić information content (AvgIpc) is 2.55. The van der Waals surface area contributed by atoms with E-state index in [9.17, 15) is 0 Å². The lowest BCUT2D eigenvalue weighted by Gasteiger charge is -2.29. The summed E-state index contributed by atoms with van der Waals surface area (Å²) in [5.41, 5.74) is 9.06. The number of thioether (sulfide) groups is 1. The molecule has 22 heavy (non-hydrogen) atoms. The molecule has 0 radical (unpaired) electrons. The summed E-state index contributed by atoms with van der Waals surface area (Å²) in [6.45, 7) is 6.06. The minimum atomic E-state index is 0. The predicted molar refractivity (Wildman–Crippen MR) is 106 cm³/mol. The number of aliphatic imine (C=N–C) groups is 1. The highest BCUT2D eigenvalue weighted by Gasteiger charge is 2.15. The van der Waals surface area contributed by atoms with Gasteiger partial charge in [0.15, 0.2) is 5.96 Å². The van der Waals surface area contributed by atoms with Crippen molar-refractivity contribution in [2.75, 3.05) is 44.2 Å². The van der Waals surface area contributed by atoms with E-state index in [0.717, 1.165) is 51.6 Å². The van der Waals surface area contributed by atoms with Crippen molar-refractivity contribution in [3.8, 4) is 0 Å². The van der Waals surface area contributed by atoms with Crippen molar-refractivity contribution < 1.29 is 0 Å². The number of fused-ring (bicyclic) bond motifs is 1. The molecule has 0 spiro atoms. The number of nitrogens with two attached hydrogens (primary N) is 1. The van der Waals surface area contributed by atoms with Gasteiger partial charge in [-0.15, -0.1) is 24.0 Å². The summed E-state index contributed by atoms with van der Waals surface area (Å²) in [6, 6.07) is 8.75. The van der Waals surface area contributed by atoms with Crippen molar-refractivity contribution in [1.82, 2.24) is 9.80 Å². The first-order chi connectivity index (χ1) is 10.3. The third kappa shape index (κ3) is 4.76. The normalized spacial score (nSPS) is 19.5. The van der Waals surface area contributed by atoms with Crippen LogP contribution in [0.2, 0.25) is 0 Å². The summed E-state index contributed by atoms with van der Waals surface area (Å²) < 4.78 is 0. The molecule has 1 fully saturated rings. The number of rotatable bonds is 3. The minimum Gasteiger partial charge on any atom is -0.370 e. The third-order valence-electron chi connectivity index (χ3n) is 4.23. The second-order valence-electron chi connectivity index (χ2n) is 5.63. The second kappa shape index (κ2) is 8.98. The molecule has 2 aliphatic rings. The van der Waals surface area contributed by atoms with E-state index >= 15 is 0 Å². The fraction of sp³-hybridized carbons (Fsp3) is 0.562. The third-order valence-corrected chi connectivity index (χ3v) is 5.18. The molecule has 0 aliphatic carbocycles. The van der Waals surface area contributed by atoms with Crippen molar-refractivity contribution in [2.45, 2.75) is 13.0 Å². The molecule has 0 aromatic heterocycles. The van der Waals surface area contributed by atoms with E-state index in [1.54, 1.807) is 0 Å². The smallest absolute Gasteiger partial charge is 0.191 e. The van der Waals surface area contributed by atoms with Crippen LogP contribution in [0.1, 0.15) is 11.1 Å². The van der Waals surface area contributed by atoms with Crippen molar-refractivity contribution in [3.63, 3.8) is 0 Å². The monoisotopic (exact) mass is 432 g/mol. The Hall–Kier alpha value is -0.470. The van der Waals surface area contributed by atoms with E-state index in [1.165, 1.54) is 22.6 Å². The van der Waals surface area contributed by atoms with Crippen LogP contribution in [0.5, 0.6) is 0 Å². The lowest BCUT2D eigenvalue weighted by atomic mass is 10.0. The average molecular weight is 432 g/mol. The lowest BCUT2D eigenvalue weighted by Crippen LogP contribution is -2.43. The first kappa shape index (κ1) is 17.9.